The van der Waals surface area contributed by atoms with Crippen LogP contribution in [0.1, 0.15) is 5.56 Å². The maximum absolute atomic E-state index is 12.1. The van der Waals surface area contributed by atoms with Gasteiger partial charge in [0.05, 0.1) is 6.21 Å². The van der Waals surface area contributed by atoms with Gasteiger partial charge in [0.25, 0.3) is 5.91 Å². The second-order valence-electron chi connectivity index (χ2n) is 6.39. The third-order valence-electron chi connectivity index (χ3n) is 4.52. The summed E-state index contributed by atoms with van der Waals surface area (Å²) in [5.74, 6) is 0.321. The van der Waals surface area contributed by atoms with Crippen LogP contribution in [-0.2, 0) is 4.79 Å². The average Bonchev–Trinajstić information content (AvgIpc) is 2.75. The fourth-order valence-electron chi connectivity index (χ4n) is 3.12. The summed E-state index contributed by atoms with van der Waals surface area (Å²) in [6.07, 6.45) is 1.44. The van der Waals surface area contributed by atoms with Gasteiger partial charge in [-0.2, -0.15) is 5.10 Å². The molecule has 0 fully saturated rings. The molecule has 0 unspecified atom stereocenters. The van der Waals surface area contributed by atoms with Gasteiger partial charge in [0.15, 0.2) is 6.61 Å². The Hall–Kier alpha value is -3.38. The standard InChI is InChI=1S/C23H17BrN2O3/c24-20-10-12-22(18-8-4-3-7-17(18)20)29-14-23(28)26-25-13-19-16-6-2-1-5-15(16)9-11-21(19)27/h1-13,27H,14H2,(H,26,28)/b25-13+. The number of benzene rings is 4. The van der Waals surface area contributed by atoms with Crippen LogP contribution in [0.4, 0.5) is 0 Å². The van der Waals surface area contributed by atoms with Crippen LogP contribution < -0.4 is 10.2 Å². The first-order valence-corrected chi connectivity index (χ1v) is 9.75. The molecule has 0 radical (unpaired) electrons. The van der Waals surface area contributed by atoms with E-state index in [1.807, 2.05) is 66.7 Å². The maximum atomic E-state index is 12.1. The van der Waals surface area contributed by atoms with Crippen molar-refractivity contribution in [3.8, 4) is 11.5 Å². The smallest absolute Gasteiger partial charge is 0.277 e. The number of carbonyl (C=O) groups excluding carboxylic acids is 1. The number of phenolic OH excluding ortho intramolecular Hbond substituents is 1. The molecule has 4 aromatic rings. The zero-order chi connectivity index (χ0) is 20.2. The highest BCUT2D eigenvalue weighted by Crippen LogP contribution is 2.31. The Bertz CT molecular complexity index is 1240. The molecule has 2 N–H and O–H groups in total. The minimum absolute atomic E-state index is 0.0966. The second kappa shape index (κ2) is 8.32. The van der Waals surface area contributed by atoms with Gasteiger partial charge in [-0.05, 0) is 34.4 Å². The first kappa shape index (κ1) is 19.0. The molecule has 29 heavy (non-hydrogen) atoms. The van der Waals surface area contributed by atoms with E-state index in [9.17, 15) is 9.90 Å². The average molecular weight is 449 g/mol. The van der Waals surface area contributed by atoms with Crippen LogP contribution in [0, 0.1) is 0 Å². The Morgan fingerprint density at radius 1 is 0.966 bits per heavy atom. The number of aromatic hydroxyl groups is 1. The summed E-state index contributed by atoms with van der Waals surface area (Å²) < 4.78 is 6.64. The van der Waals surface area contributed by atoms with Gasteiger partial charge in [0.1, 0.15) is 11.5 Å². The third-order valence-corrected chi connectivity index (χ3v) is 5.21. The van der Waals surface area contributed by atoms with E-state index in [0.717, 1.165) is 26.0 Å². The Labute approximate surface area is 175 Å². The number of carbonyl (C=O) groups is 1. The quantitative estimate of drug-likeness (QED) is 0.333. The molecule has 1 amide bonds. The number of ether oxygens (including phenoxy) is 1. The summed E-state index contributed by atoms with van der Waals surface area (Å²) in [5, 5.41) is 17.8. The van der Waals surface area contributed by atoms with Crippen molar-refractivity contribution in [3.05, 3.63) is 82.8 Å². The lowest BCUT2D eigenvalue weighted by molar-refractivity contribution is -0.123. The number of hydrogen-bond acceptors (Lipinski definition) is 4. The van der Waals surface area contributed by atoms with Gasteiger partial charge in [-0.25, -0.2) is 5.43 Å². The zero-order valence-corrected chi connectivity index (χ0v) is 16.9. The van der Waals surface area contributed by atoms with Crippen molar-refractivity contribution < 1.29 is 14.6 Å². The molecule has 0 aliphatic heterocycles. The molecular weight excluding hydrogens is 432 g/mol. The van der Waals surface area contributed by atoms with E-state index in [1.54, 1.807) is 6.07 Å². The Morgan fingerprint density at radius 3 is 2.52 bits per heavy atom. The van der Waals surface area contributed by atoms with Crippen LogP contribution in [0.3, 0.4) is 0 Å². The predicted molar refractivity (Wildman–Crippen MR) is 118 cm³/mol. The lowest BCUT2D eigenvalue weighted by Gasteiger charge is -2.09. The van der Waals surface area contributed by atoms with Crippen molar-refractivity contribution in [1.29, 1.82) is 0 Å². The molecule has 4 rings (SSSR count). The summed E-state index contributed by atoms with van der Waals surface area (Å²) in [7, 11) is 0. The summed E-state index contributed by atoms with van der Waals surface area (Å²) >= 11 is 3.52. The maximum Gasteiger partial charge on any atom is 0.277 e. The molecule has 6 heteroatoms. The Kier molecular flexibility index (Phi) is 5.44. The highest BCUT2D eigenvalue weighted by Gasteiger charge is 2.08. The molecule has 0 saturated carbocycles. The molecule has 144 valence electrons. The zero-order valence-electron chi connectivity index (χ0n) is 15.3. The van der Waals surface area contributed by atoms with Crippen molar-refractivity contribution in [2.75, 3.05) is 6.61 Å². The fraction of sp³-hybridized carbons (Fsp3) is 0.0435. The van der Waals surface area contributed by atoms with Crippen LogP contribution >= 0.6 is 15.9 Å². The monoisotopic (exact) mass is 448 g/mol. The number of halogens is 1. The number of fused-ring (bicyclic) bond motifs is 2. The fourth-order valence-corrected chi connectivity index (χ4v) is 3.60. The molecule has 0 bridgehead atoms. The van der Waals surface area contributed by atoms with Gasteiger partial charge in [0, 0.05) is 15.4 Å². The number of phenols is 1. The largest absolute Gasteiger partial charge is 0.507 e. The number of nitrogens with zero attached hydrogens (tertiary/aromatic N) is 1. The molecular formula is C23H17BrN2O3. The van der Waals surface area contributed by atoms with Crippen molar-refractivity contribution >= 4 is 49.6 Å². The number of amides is 1. The SMILES string of the molecule is O=C(COc1ccc(Br)c2ccccc12)N/N=C/c1c(O)ccc2ccccc12. The van der Waals surface area contributed by atoms with Gasteiger partial charge in [-0.1, -0.05) is 70.5 Å². The van der Waals surface area contributed by atoms with Gasteiger partial charge < -0.3 is 9.84 Å². The molecule has 0 spiro atoms. The second-order valence-corrected chi connectivity index (χ2v) is 7.25. The normalized spacial score (nSPS) is 11.2. The van der Waals surface area contributed by atoms with Crippen LogP contribution in [-0.4, -0.2) is 23.8 Å². The lowest BCUT2D eigenvalue weighted by atomic mass is 10.0. The highest BCUT2D eigenvalue weighted by atomic mass is 79.9. The predicted octanol–water partition coefficient (Wildman–Crippen LogP) is 4.99. The number of rotatable bonds is 5. The topological polar surface area (TPSA) is 70.9 Å². The molecule has 0 aliphatic rings. The van der Waals surface area contributed by atoms with E-state index in [-0.39, 0.29) is 12.4 Å². The van der Waals surface area contributed by atoms with Crippen LogP contribution in [0.2, 0.25) is 0 Å². The molecule has 0 aromatic heterocycles. The summed E-state index contributed by atoms with van der Waals surface area (Å²) in [6.45, 7) is -0.176. The number of nitrogens with one attached hydrogen (secondary N) is 1. The first-order valence-electron chi connectivity index (χ1n) is 8.96. The summed E-state index contributed by atoms with van der Waals surface area (Å²) in [5.41, 5.74) is 2.98. The van der Waals surface area contributed by atoms with Crippen LogP contribution in [0.15, 0.2) is 82.4 Å². The van der Waals surface area contributed by atoms with E-state index in [2.05, 4.69) is 26.5 Å². The third kappa shape index (κ3) is 4.07. The van der Waals surface area contributed by atoms with Crippen molar-refractivity contribution in [2.45, 2.75) is 0 Å². The summed E-state index contributed by atoms with van der Waals surface area (Å²) in [6, 6.07) is 22.6. The van der Waals surface area contributed by atoms with Crippen molar-refractivity contribution in [3.63, 3.8) is 0 Å². The molecule has 0 heterocycles. The molecule has 5 nitrogen and oxygen atoms in total. The highest BCUT2D eigenvalue weighted by molar-refractivity contribution is 9.10. The van der Waals surface area contributed by atoms with Gasteiger partial charge in [-0.3, -0.25) is 4.79 Å². The van der Waals surface area contributed by atoms with E-state index >= 15 is 0 Å². The van der Waals surface area contributed by atoms with Crippen LogP contribution in [0.25, 0.3) is 21.5 Å². The summed E-state index contributed by atoms with van der Waals surface area (Å²) in [4.78, 5) is 12.1. The minimum Gasteiger partial charge on any atom is -0.507 e. The Morgan fingerprint density at radius 2 is 1.69 bits per heavy atom. The van der Waals surface area contributed by atoms with Gasteiger partial charge >= 0.3 is 0 Å². The van der Waals surface area contributed by atoms with E-state index in [0.29, 0.717) is 11.3 Å². The van der Waals surface area contributed by atoms with Crippen LogP contribution in [0.5, 0.6) is 11.5 Å². The minimum atomic E-state index is -0.395. The molecule has 4 aromatic carbocycles. The van der Waals surface area contributed by atoms with E-state index in [1.165, 1.54) is 6.21 Å². The number of hydrazone groups is 1. The molecule has 0 atom stereocenters. The van der Waals surface area contributed by atoms with Crippen molar-refractivity contribution in [1.82, 2.24) is 5.43 Å². The molecule has 0 aliphatic carbocycles. The lowest BCUT2D eigenvalue weighted by Crippen LogP contribution is -2.24. The van der Waals surface area contributed by atoms with Gasteiger partial charge in [-0.15, -0.1) is 0 Å². The van der Waals surface area contributed by atoms with Crippen molar-refractivity contribution in [2.24, 2.45) is 5.10 Å². The van der Waals surface area contributed by atoms with E-state index in [4.69, 9.17) is 4.74 Å². The van der Waals surface area contributed by atoms with Gasteiger partial charge in [0.2, 0.25) is 0 Å². The molecule has 0 saturated heterocycles. The number of hydrogen-bond donors (Lipinski definition) is 2. The Balaban J connectivity index is 1.44. The van der Waals surface area contributed by atoms with E-state index < -0.39 is 5.91 Å². The first-order chi connectivity index (χ1) is 14.1.